The number of carbonyl (C=O) groups excluding carboxylic acids is 2. The number of aromatic nitrogens is 3. The largest absolute Gasteiger partial charge is 0.545 e. The van der Waals surface area contributed by atoms with E-state index in [0.717, 1.165) is 5.75 Å². The number of ether oxygens (including phenoxy) is 1. The van der Waals surface area contributed by atoms with Crippen molar-refractivity contribution in [2.45, 2.75) is 31.7 Å². The summed E-state index contributed by atoms with van der Waals surface area (Å²) in [6.45, 7) is 3.76. The number of carbonyl (C=O) groups is 2. The molecule has 3 aromatic rings. The lowest BCUT2D eigenvalue weighted by Crippen LogP contribution is -2.37. The molecule has 1 amide bonds. The van der Waals surface area contributed by atoms with Gasteiger partial charge in [0.1, 0.15) is 0 Å². The van der Waals surface area contributed by atoms with E-state index in [0.29, 0.717) is 27.7 Å². The Morgan fingerprint density at radius 3 is 2.52 bits per heavy atom. The lowest BCUT2D eigenvalue weighted by molar-refractivity contribution is -0.255. The Kier molecular flexibility index (Phi) is 5.85. The maximum Gasteiger partial charge on any atom is 0.247 e. The van der Waals surface area contributed by atoms with Crippen molar-refractivity contribution in [2.24, 2.45) is 0 Å². The summed E-state index contributed by atoms with van der Waals surface area (Å²) in [5.74, 6) is -0.404. The zero-order chi connectivity index (χ0) is 22.0. The van der Waals surface area contributed by atoms with Crippen LogP contribution < -0.4 is 14.7 Å². The Morgan fingerprint density at radius 2 is 1.84 bits per heavy atom. The number of carboxylic acid groups (broad SMARTS) is 1. The second-order valence-corrected chi connectivity index (χ2v) is 7.93. The van der Waals surface area contributed by atoms with E-state index in [1.54, 1.807) is 24.0 Å². The van der Waals surface area contributed by atoms with Gasteiger partial charge in [0.2, 0.25) is 23.2 Å². The summed E-state index contributed by atoms with van der Waals surface area (Å²) in [5.41, 5.74) is 2.38. The highest BCUT2D eigenvalue weighted by Gasteiger charge is 2.35. The van der Waals surface area contributed by atoms with Gasteiger partial charge in [-0.25, -0.2) is 0 Å². The van der Waals surface area contributed by atoms with Crippen LogP contribution in [0.4, 0.5) is 5.69 Å². The van der Waals surface area contributed by atoms with Gasteiger partial charge in [0.15, 0.2) is 5.69 Å². The number of hydrogen-bond acceptors (Lipinski definition) is 8. The highest BCUT2D eigenvalue weighted by molar-refractivity contribution is 7.99. The van der Waals surface area contributed by atoms with Crippen LogP contribution in [0.1, 0.15) is 42.4 Å². The van der Waals surface area contributed by atoms with Gasteiger partial charge < -0.3 is 14.6 Å². The molecule has 9 heteroatoms. The van der Waals surface area contributed by atoms with Gasteiger partial charge in [-0.05, 0) is 17.4 Å². The van der Waals surface area contributed by atoms with Crippen LogP contribution in [0.3, 0.4) is 0 Å². The molecule has 8 nitrogen and oxygen atoms in total. The van der Waals surface area contributed by atoms with Crippen molar-refractivity contribution in [1.82, 2.24) is 15.2 Å². The molecule has 158 valence electrons. The van der Waals surface area contributed by atoms with Crippen LogP contribution in [0.2, 0.25) is 0 Å². The molecule has 2 aromatic carbocycles. The van der Waals surface area contributed by atoms with Crippen molar-refractivity contribution in [2.75, 3.05) is 10.7 Å². The standard InChI is InChI=1S/C22H20N4O4S/c1-3-17(27)26-16-8-6-5-7-15(16)18-19(23-22(25-24-18)31-4-2)30-20(26)13-9-11-14(12-10-13)21(28)29/h5-12,20H,3-4H2,1-2H3,(H,28,29)/p-1/t20-/m1/s1. The van der Waals surface area contributed by atoms with Crippen LogP contribution in [0, 0.1) is 0 Å². The van der Waals surface area contributed by atoms with Gasteiger partial charge in [0.05, 0.1) is 11.7 Å². The van der Waals surface area contributed by atoms with Crippen molar-refractivity contribution in [3.63, 3.8) is 0 Å². The van der Waals surface area contributed by atoms with Crippen molar-refractivity contribution in [3.05, 3.63) is 59.7 Å². The fraction of sp³-hybridized carbons (Fsp3) is 0.227. The number of anilines is 1. The number of thioether (sulfide) groups is 1. The number of benzene rings is 2. The molecule has 0 spiro atoms. The molecule has 0 saturated carbocycles. The predicted octanol–water partition coefficient (Wildman–Crippen LogP) is 2.85. The van der Waals surface area contributed by atoms with Crippen molar-refractivity contribution < 1.29 is 19.4 Å². The normalized spacial score (nSPS) is 14.8. The highest BCUT2D eigenvalue weighted by Crippen LogP contribution is 2.43. The molecule has 2 heterocycles. The first-order chi connectivity index (χ1) is 15.0. The third-order valence-corrected chi connectivity index (χ3v) is 5.51. The number of para-hydroxylation sites is 1. The van der Waals surface area contributed by atoms with E-state index in [2.05, 4.69) is 15.2 Å². The molecule has 0 fully saturated rings. The number of nitrogens with zero attached hydrogens (tertiary/aromatic N) is 4. The molecule has 1 aromatic heterocycles. The average Bonchev–Trinajstić information content (AvgIpc) is 2.93. The lowest BCUT2D eigenvalue weighted by atomic mass is 10.1. The first kappa shape index (κ1) is 20.8. The minimum atomic E-state index is -1.27. The number of aromatic carboxylic acids is 1. The van der Waals surface area contributed by atoms with Crippen LogP contribution in [-0.4, -0.2) is 32.8 Å². The summed E-state index contributed by atoms with van der Waals surface area (Å²) in [4.78, 5) is 30.3. The molecule has 1 atom stereocenters. The van der Waals surface area contributed by atoms with Gasteiger partial charge in [-0.2, -0.15) is 4.98 Å². The fourth-order valence-corrected chi connectivity index (χ4v) is 3.85. The zero-order valence-electron chi connectivity index (χ0n) is 16.9. The van der Waals surface area contributed by atoms with Crippen LogP contribution >= 0.6 is 11.8 Å². The third-order valence-electron chi connectivity index (χ3n) is 4.79. The van der Waals surface area contributed by atoms with E-state index in [9.17, 15) is 14.7 Å². The molecule has 31 heavy (non-hydrogen) atoms. The number of hydrogen-bond donors (Lipinski definition) is 0. The first-order valence-electron chi connectivity index (χ1n) is 9.80. The molecule has 1 aliphatic rings. The zero-order valence-corrected chi connectivity index (χ0v) is 17.8. The van der Waals surface area contributed by atoms with Crippen LogP contribution in [0.25, 0.3) is 11.3 Å². The monoisotopic (exact) mass is 435 g/mol. The topological polar surface area (TPSA) is 108 Å². The Hall–Kier alpha value is -3.46. The molecule has 0 radical (unpaired) electrons. The van der Waals surface area contributed by atoms with Gasteiger partial charge in [-0.3, -0.25) is 9.69 Å². The first-order valence-corrected chi connectivity index (χ1v) is 10.8. The van der Waals surface area contributed by atoms with Crippen LogP contribution in [0.15, 0.2) is 53.7 Å². The fourth-order valence-electron chi connectivity index (χ4n) is 3.34. The van der Waals surface area contributed by atoms with E-state index in [1.807, 2.05) is 31.2 Å². The van der Waals surface area contributed by atoms with Gasteiger partial charge in [0, 0.05) is 17.5 Å². The molecule has 0 N–H and O–H groups in total. The molecule has 0 aliphatic carbocycles. The highest BCUT2D eigenvalue weighted by atomic mass is 32.2. The molecular weight excluding hydrogens is 416 g/mol. The molecule has 0 saturated heterocycles. The van der Waals surface area contributed by atoms with E-state index < -0.39 is 12.2 Å². The third kappa shape index (κ3) is 3.96. The van der Waals surface area contributed by atoms with E-state index >= 15 is 0 Å². The summed E-state index contributed by atoms with van der Waals surface area (Å²) < 4.78 is 6.26. The molecule has 4 rings (SSSR count). The van der Waals surface area contributed by atoms with Crippen LogP contribution in [-0.2, 0) is 4.79 Å². The summed E-state index contributed by atoms with van der Waals surface area (Å²) in [6.07, 6.45) is -0.612. The summed E-state index contributed by atoms with van der Waals surface area (Å²) in [7, 11) is 0. The Bertz CT molecular complexity index is 1140. The predicted molar refractivity (Wildman–Crippen MR) is 114 cm³/mol. The summed E-state index contributed by atoms with van der Waals surface area (Å²) in [6, 6.07) is 13.4. The van der Waals surface area contributed by atoms with Gasteiger partial charge in [0.25, 0.3) is 0 Å². The van der Waals surface area contributed by atoms with E-state index in [-0.39, 0.29) is 23.8 Å². The average molecular weight is 435 g/mol. The minimum Gasteiger partial charge on any atom is -0.545 e. The Labute approximate surface area is 183 Å². The number of rotatable bonds is 5. The maximum absolute atomic E-state index is 13.0. The van der Waals surface area contributed by atoms with Crippen molar-refractivity contribution >= 4 is 29.3 Å². The number of fused-ring (bicyclic) bond motifs is 3. The molecular formula is C22H19N4O4S-. The molecule has 0 unspecified atom stereocenters. The van der Waals surface area contributed by atoms with Crippen molar-refractivity contribution in [3.8, 4) is 17.1 Å². The Balaban J connectivity index is 1.91. The molecule has 1 aliphatic heterocycles. The molecule has 0 bridgehead atoms. The smallest absolute Gasteiger partial charge is 0.247 e. The van der Waals surface area contributed by atoms with Gasteiger partial charge in [-0.15, -0.1) is 10.2 Å². The van der Waals surface area contributed by atoms with E-state index in [1.165, 1.54) is 23.9 Å². The summed E-state index contributed by atoms with van der Waals surface area (Å²) in [5, 5.41) is 20.2. The maximum atomic E-state index is 13.0. The SMILES string of the molecule is CCSc1nnc2c(n1)O[C@H](c1ccc(C(=O)[O-])cc1)N(C(=O)CC)c1ccccc1-2. The minimum absolute atomic E-state index is 0.0390. The second-order valence-electron chi connectivity index (χ2n) is 6.70. The lowest BCUT2D eigenvalue weighted by Gasteiger charge is -2.30. The number of amides is 1. The van der Waals surface area contributed by atoms with Gasteiger partial charge >= 0.3 is 0 Å². The van der Waals surface area contributed by atoms with Crippen molar-refractivity contribution in [1.29, 1.82) is 0 Å². The van der Waals surface area contributed by atoms with Crippen LogP contribution in [0.5, 0.6) is 5.88 Å². The summed E-state index contributed by atoms with van der Waals surface area (Å²) >= 11 is 1.43. The van der Waals surface area contributed by atoms with Gasteiger partial charge in [-0.1, -0.05) is 68.1 Å². The quantitative estimate of drug-likeness (QED) is 0.563. The van der Waals surface area contributed by atoms with E-state index in [4.69, 9.17) is 4.74 Å². The second kappa shape index (κ2) is 8.73. The Morgan fingerprint density at radius 1 is 1.10 bits per heavy atom. The number of carboxylic acids is 1.